The van der Waals surface area contributed by atoms with E-state index in [2.05, 4.69) is 34.1 Å². The van der Waals surface area contributed by atoms with Gasteiger partial charge >= 0.3 is 5.97 Å². The minimum absolute atomic E-state index is 0.314. The minimum Gasteiger partial charge on any atom is -0.480 e. The molecule has 2 heterocycles. The van der Waals surface area contributed by atoms with E-state index < -0.39 is 12.0 Å². The highest BCUT2D eigenvalue weighted by Crippen LogP contribution is 2.24. The Bertz CT molecular complexity index is 472. The van der Waals surface area contributed by atoms with Gasteiger partial charge in [-0.15, -0.1) is 0 Å². The average molecular weight is 290 g/mol. The maximum atomic E-state index is 11.4. The quantitative estimate of drug-likeness (QED) is 0.913. The Balaban J connectivity index is 1.61. The van der Waals surface area contributed by atoms with Crippen molar-refractivity contribution in [3.63, 3.8) is 0 Å². The third-order valence-electron chi connectivity index (χ3n) is 4.51. The van der Waals surface area contributed by atoms with Crippen molar-refractivity contribution in [2.24, 2.45) is 0 Å². The summed E-state index contributed by atoms with van der Waals surface area (Å²) in [5.74, 6) is -0.764. The van der Waals surface area contributed by atoms with Gasteiger partial charge in [0, 0.05) is 31.4 Å². The fourth-order valence-corrected chi connectivity index (χ4v) is 3.36. The molecule has 5 heteroatoms. The van der Waals surface area contributed by atoms with Crippen molar-refractivity contribution in [2.75, 3.05) is 37.7 Å². The number of aliphatic carboxylic acids is 1. The Morgan fingerprint density at radius 2 is 1.86 bits per heavy atom. The molecule has 0 saturated carbocycles. The number of hydrogen-bond donors (Lipinski definition) is 1. The van der Waals surface area contributed by atoms with Gasteiger partial charge in [0.1, 0.15) is 6.04 Å². The first-order valence-corrected chi connectivity index (χ1v) is 7.62. The Kier molecular flexibility index (Phi) is 4.41. The van der Waals surface area contributed by atoms with Crippen molar-refractivity contribution in [3.05, 3.63) is 30.3 Å². The topological polar surface area (TPSA) is 53.0 Å². The van der Waals surface area contributed by atoms with Crippen LogP contribution in [0.2, 0.25) is 0 Å². The molecule has 114 valence electrons. The number of carboxylic acids is 1. The lowest BCUT2D eigenvalue weighted by Gasteiger charge is -2.43. The second-order valence-corrected chi connectivity index (χ2v) is 5.72. The molecule has 2 aliphatic heterocycles. The zero-order chi connectivity index (χ0) is 14.7. The van der Waals surface area contributed by atoms with Gasteiger partial charge in [-0.3, -0.25) is 9.69 Å². The van der Waals surface area contributed by atoms with Crippen LogP contribution in [-0.4, -0.2) is 60.9 Å². The third-order valence-corrected chi connectivity index (χ3v) is 4.51. The lowest BCUT2D eigenvalue weighted by atomic mass is 10.00. The maximum absolute atomic E-state index is 11.4. The highest BCUT2D eigenvalue weighted by Gasteiger charge is 2.35. The first kappa shape index (κ1) is 14.4. The number of benzene rings is 1. The first-order valence-electron chi connectivity index (χ1n) is 7.62. The molecule has 1 aromatic rings. The van der Waals surface area contributed by atoms with Crippen LogP contribution in [0.5, 0.6) is 0 Å². The molecular weight excluding hydrogens is 268 g/mol. The van der Waals surface area contributed by atoms with Crippen LogP contribution < -0.4 is 4.90 Å². The number of carbonyl (C=O) groups is 1. The van der Waals surface area contributed by atoms with Crippen molar-refractivity contribution < 1.29 is 14.6 Å². The lowest BCUT2D eigenvalue weighted by molar-refractivity contribution is -0.152. The molecule has 1 atom stereocenters. The van der Waals surface area contributed by atoms with Gasteiger partial charge in [-0.2, -0.15) is 0 Å². The molecule has 3 rings (SSSR count). The number of piperidine rings is 1. The summed E-state index contributed by atoms with van der Waals surface area (Å²) in [4.78, 5) is 15.9. The standard InChI is InChI=1S/C16H22N2O3/c19-16(20)15-12-21-11-10-18(15)14-6-8-17(9-7-14)13-4-2-1-3-5-13/h1-5,14-15H,6-12H2,(H,19,20). The van der Waals surface area contributed by atoms with Crippen molar-refractivity contribution >= 4 is 11.7 Å². The van der Waals surface area contributed by atoms with Crippen LogP contribution in [-0.2, 0) is 9.53 Å². The molecule has 5 nitrogen and oxygen atoms in total. The molecule has 0 radical (unpaired) electrons. The second-order valence-electron chi connectivity index (χ2n) is 5.72. The van der Waals surface area contributed by atoms with Crippen LogP contribution in [0.1, 0.15) is 12.8 Å². The van der Waals surface area contributed by atoms with Gasteiger partial charge in [0.05, 0.1) is 13.2 Å². The van der Waals surface area contributed by atoms with Gasteiger partial charge in [-0.25, -0.2) is 0 Å². The molecule has 0 spiro atoms. The molecule has 2 aliphatic rings. The van der Waals surface area contributed by atoms with Crippen molar-refractivity contribution in [1.82, 2.24) is 4.90 Å². The van der Waals surface area contributed by atoms with Gasteiger partial charge in [-0.05, 0) is 25.0 Å². The number of hydrogen-bond acceptors (Lipinski definition) is 4. The van der Waals surface area contributed by atoms with E-state index in [1.165, 1.54) is 5.69 Å². The number of rotatable bonds is 3. The Morgan fingerprint density at radius 1 is 1.14 bits per heavy atom. The fourth-order valence-electron chi connectivity index (χ4n) is 3.36. The van der Waals surface area contributed by atoms with Crippen molar-refractivity contribution in [2.45, 2.75) is 24.9 Å². The molecule has 21 heavy (non-hydrogen) atoms. The number of ether oxygens (including phenoxy) is 1. The van der Waals surface area contributed by atoms with Crippen molar-refractivity contribution in [1.29, 1.82) is 0 Å². The Labute approximate surface area is 125 Å². The minimum atomic E-state index is -0.764. The monoisotopic (exact) mass is 290 g/mol. The zero-order valence-electron chi connectivity index (χ0n) is 12.1. The molecule has 1 unspecified atom stereocenters. The molecule has 1 N–H and O–H groups in total. The lowest BCUT2D eigenvalue weighted by Crippen LogP contribution is -2.56. The van der Waals surface area contributed by atoms with E-state index in [1.54, 1.807) is 0 Å². The molecule has 0 aliphatic carbocycles. The van der Waals surface area contributed by atoms with E-state index in [0.717, 1.165) is 32.5 Å². The van der Waals surface area contributed by atoms with Crippen LogP contribution >= 0.6 is 0 Å². The maximum Gasteiger partial charge on any atom is 0.323 e. The summed E-state index contributed by atoms with van der Waals surface area (Å²) in [6, 6.07) is 10.3. The number of morpholine rings is 1. The van der Waals surface area contributed by atoms with Gasteiger partial charge in [0.2, 0.25) is 0 Å². The van der Waals surface area contributed by atoms with Crippen LogP contribution in [0.4, 0.5) is 5.69 Å². The normalized spacial score (nSPS) is 25.0. The van der Waals surface area contributed by atoms with Crippen LogP contribution in [0.25, 0.3) is 0 Å². The van der Waals surface area contributed by atoms with E-state index in [9.17, 15) is 9.90 Å². The molecule has 1 aromatic carbocycles. The predicted molar refractivity (Wildman–Crippen MR) is 80.6 cm³/mol. The number of nitrogens with zero attached hydrogens (tertiary/aromatic N) is 2. The molecule has 2 saturated heterocycles. The number of para-hydroxylation sites is 1. The van der Waals surface area contributed by atoms with Crippen LogP contribution in [0.15, 0.2) is 30.3 Å². The predicted octanol–water partition coefficient (Wildman–Crippen LogP) is 1.44. The summed E-state index contributed by atoms with van der Waals surface area (Å²) in [7, 11) is 0. The summed E-state index contributed by atoms with van der Waals surface area (Å²) >= 11 is 0. The van der Waals surface area contributed by atoms with E-state index in [4.69, 9.17) is 4.74 Å². The average Bonchev–Trinajstić information content (AvgIpc) is 2.56. The summed E-state index contributed by atoms with van der Waals surface area (Å²) in [5.41, 5.74) is 1.26. The number of carboxylic acid groups (broad SMARTS) is 1. The molecule has 0 aromatic heterocycles. The summed E-state index contributed by atoms with van der Waals surface area (Å²) in [6.07, 6.45) is 2.03. The van der Waals surface area contributed by atoms with Crippen molar-refractivity contribution in [3.8, 4) is 0 Å². The first-order chi connectivity index (χ1) is 10.3. The van der Waals surface area contributed by atoms with Gasteiger partial charge in [-0.1, -0.05) is 18.2 Å². The third kappa shape index (κ3) is 3.19. The summed E-state index contributed by atoms with van der Waals surface area (Å²) in [5, 5.41) is 9.34. The Hall–Kier alpha value is -1.59. The zero-order valence-corrected chi connectivity index (χ0v) is 12.1. The summed E-state index contributed by atoms with van der Waals surface area (Å²) < 4.78 is 5.32. The number of anilines is 1. The smallest absolute Gasteiger partial charge is 0.323 e. The highest BCUT2D eigenvalue weighted by atomic mass is 16.5. The molecular formula is C16H22N2O3. The van der Waals surface area contributed by atoms with E-state index in [-0.39, 0.29) is 0 Å². The van der Waals surface area contributed by atoms with E-state index >= 15 is 0 Å². The Morgan fingerprint density at radius 3 is 2.52 bits per heavy atom. The van der Waals surface area contributed by atoms with Gasteiger partial charge in [0.15, 0.2) is 0 Å². The van der Waals surface area contributed by atoms with Gasteiger partial charge in [0.25, 0.3) is 0 Å². The van der Waals surface area contributed by atoms with Gasteiger partial charge < -0.3 is 14.7 Å². The van der Waals surface area contributed by atoms with Crippen LogP contribution in [0, 0.1) is 0 Å². The molecule has 2 fully saturated rings. The molecule has 0 amide bonds. The molecule has 0 bridgehead atoms. The van der Waals surface area contributed by atoms with E-state index in [1.807, 2.05) is 6.07 Å². The largest absolute Gasteiger partial charge is 0.480 e. The van der Waals surface area contributed by atoms with Crippen LogP contribution in [0.3, 0.4) is 0 Å². The summed E-state index contributed by atoms with van der Waals surface area (Å²) in [6.45, 7) is 3.65. The fraction of sp³-hybridized carbons (Fsp3) is 0.562. The highest BCUT2D eigenvalue weighted by molar-refractivity contribution is 5.73. The second kappa shape index (κ2) is 6.45. The van der Waals surface area contributed by atoms with E-state index in [0.29, 0.717) is 19.3 Å². The SMILES string of the molecule is O=C(O)C1COCCN1C1CCN(c2ccccc2)CC1.